The van der Waals surface area contributed by atoms with Crippen molar-refractivity contribution in [1.82, 2.24) is 19.5 Å². The first-order valence-corrected chi connectivity index (χ1v) is 11.9. The van der Waals surface area contributed by atoms with Crippen LogP contribution in [0.1, 0.15) is 23.3 Å². The van der Waals surface area contributed by atoms with Crippen molar-refractivity contribution in [3.63, 3.8) is 0 Å². The molecule has 1 fully saturated rings. The number of carbonyl (C=O) groups is 1. The van der Waals surface area contributed by atoms with Crippen LogP contribution in [0.5, 0.6) is 5.75 Å². The number of aromatic carboxylic acids is 1. The summed E-state index contributed by atoms with van der Waals surface area (Å²) in [6, 6.07) is 6.54. The number of carboxylic acid groups (broad SMARTS) is 1. The van der Waals surface area contributed by atoms with E-state index in [1.165, 1.54) is 6.20 Å². The van der Waals surface area contributed by atoms with Gasteiger partial charge in [-0.25, -0.2) is 19.2 Å². The van der Waals surface area contributed by atoms with E-state index in [0.29, 0.717) is 37.6 Å². The lowest BCUT2D eigenvalue weighted by Crippen LogP contribution is -2.47. The van der Waals surface area contributed by atoms with Crippen molar-refractivity contribution in [1.29, 1.82) is 0 Å². The van der Waals surface area contributed by atoms with E-state index < -0.39 is 17.2 Å². The molecule has 1 atom stereocenters. The van der Waals surface area contributed by atoms with Crippen molar-refractivity contribution >= 4 is 28.5 Å². The predicted octanol–water partition coefficient (Wildman–Crippen LogP) is 2.97. The van der Waals surface area contributed by atoms with E-state index in [2.05, 4.69) is 15.0 Å². The summed E-state index contributed by atoms with van der Waals surface area (Å²) >= 11 is 0. The van der Waals surface area contributed by atoms with Crippen molar-refractivity contribution < 1.29 is 19.0 Å². The van der Waals surface area contributed by atoms with E-state index >= 15 is 4.39 Å². The summed E-state index contributed by atoms with van der Waals surface area (Å²) in [5, 5.41) is 9.48. The Morgan fingerprint density at radius 1 is 1.16 bits per heavy atom. The number of halogens is 1. The molecule has 1 aromatic carbocycles. The Kier molecular flexibility index (Phi) is 5.47. The van der Waals surface area contributed by atoms with Crippen molar-refractivity contribution in [2.24, 2.45) is 0 Å². The highest BCUT2D eigenvalue weighted by molar-refractivity contribution is 5.97. The molecule has 1 N–H and O–H groups in total. The van der Waals surface area contributed by atoms with E-state index in [4.69, 9.17) is 4.74 Å². The first-order chi connectivity index (χ1) is 17.9. The van der Waals surface area contributed by atoms with Crippen molar-refractivity contribution in [2.45, 2.75) is 13.0 Å². The Morgan fingerprint density at radius 2 is 1.95 bits per heavy atom. The smallest absolute Gasteiger partial charge is 0.341 e. The molecule has 11 heteroatoms. The standard InChI is InChI=1S/C26H23FN6O4/c1-15-14-37-24-21-17(23(34)18(25(35)36)13-33(15)21)11-19(27)22(24)31-7-9-32(10-8-31)26-29-6-4-20(30-26)16-3-2-5-28-12-16/h2-6,11-13,15H,7-10,14H2,1H3,(H,35,36). The number of hydrogen-bond acceptors (Lipinski definition) is 8. The van der Waals surface area contributed by atoms with Gasteiger partial charge in [0.1, 0.15) is 17.9 Å². The Morgan fingerprint density at radius 3 is 2.68 bits per heavy atom. The lowest BCUT2D eigenvalue weighted by atomic mass is 10.1. The molecule has 1 saturated heterocycles. The van der Waals surface area contributed by atoms with Gasteiger partial charge in [0.25, 0.3) is 0 Å². The number of carboxylic acids is 1. The first kappa shape index (κ1) is 22.9. The average molecular weight is 503 g/mol. The monoisotopic (exact) mass is 502 g/mol. The van der Waals surface area contributed by atoms with Crippen LogP contribution in [-0.4, -0.2) is 63.4 Å². The minimum Gasteiger partial charge on any atom is -0.487 e. The maximum absolute atomic E-state index is 15.5. The normalized spacial score (nSPS) is 17.1. The molecule has 0 amide bonds. The molecule has 0 spiro atoms. The van der Waals surface area contributed by atoms with E-state index in [1.807, 2.05) is 34.9 Å². The fraction of sp³-hybridized carbons (Fsp3) is 0.269. The van der Waals surface area contributed by atoms with Crippen LogP contribution >= 0.6 is 0 Å². The van der Waals surface area contributed by atoms with Gasteiger partial charge >= 0.3 is 5.97 Å². The van der Waals surface area contributed by atoms with Gasteiger partial charge in [-0.1, -0.05) is 0 Å². The minimum absolute atomic E-state index is 0.00181. The van der Waals surface area contributed by atoms with Crippen molar-refractivity contribution in [3.05, 3.63) is 70.7 Å². The fourth-order valence-corrected chi connectivity index (χ4v) is 4.96. The highest BCUT2D eigenvalue weighted by Crippen LogP contribution is 2.42. The molecule has 0 saturated carbocycles. The van der Waals surface area contributed by atoms with Gasteiger partial charge in [0.15, 0.2) is 11.6 Å². The first-order valence-electron chi connectivity index (χ1n) is 11.9. The average Bonchev–Trinajstić information content (AvgIpc) is 2.92. The van der Waals surface area contributed by atoms with E-state index in [9.17, 15) is 14.7 Å². The van der Waals surface area contributed by atoms with E-state index in [0.717, 1.165) is 17.3 Å². The molecular weight excluding hydrogens is 479 g/mol. The van der Waals surface area contributed by atoms with Gasteiger partial charge in [0.2, 0.25) is 11.4 Å². The Hall–Kier alpha value is -4.54. The number of hydrogen-bond donors (Lipinski definition) is 1. The lowest BCUT2D eigenvalue weighted by molar-refractivity contribution is 0.0694. The van der Waals surface area contributed by atoms with Crippen LogP contribution in [0.2, 0.25) is 0 Å². The largest absolute Gasteiger partial charge is 0.487 e. The van der Waals surface area contributed by atoms with Crippen LogP contribution < -0.4 is 20.0 Å². The van der Waals surface area contributed by atoms with E-state index in [-0.39, 0.29) is 35.0 Å². The molecular formula is C26H23FN6O4. The lowest BCUT2D eigenvalue weighted by Gasteiger charge is -2.38. The van der Waals surface area contributed by atoms with Gasteiger partial charge in [-0.2, -0.15) is 0 Å². The van der Waals surface area contributed by atoms with Crippen molar-refractivity contribution in [3.8, 4) is 17.0 Å². The zero-order valence-corrected chi connectivity index (χ0v) is 20.0. The van der Waals surface area contributed by atoms with Crippen LogP contribution in [0.3, 0.4) is 0 Å². The van der Waals surface area contributed by atoms with Crippen molar-refractivity contribution in [2.75, 3.05) is 42.6 Å². The molecule has 10 nitrogen and oxygen atoms in total. The number of aromatic nitrogens is 4. The summed E-state index contributed by atoms with van der Waals surface area (Å²) in [6.45, 7) is 4.15. The predicted molar refractivity (Wildman–Crippen MR) is 135 cm³/mol. The summed E-state index contributed by atoms with van der Waals surface area (Å²) < 4.78 is 23.2. The highest BCUT2D eigenvalue weighted by Gasteiger charge is 2.31. The molecule has 2 aliphatic heterocycles. The molecule has 3 aromatic heterocycles. The second-order valence-electron chi connectivity index (χ2n) is 9.13. The van der Waals surface area contributed by atoms with Crippen LogP contribution in [0, 0.1) is 5.82 Å². The zero-order chi connectivity index (χ0) is 25.7. The number of anilines is 2. The molecule has 0 radical (unpaired) electrons. The molecule has 188 valence electrons. The quantitative estimate of drug-likeness (QED) is 0.450. The number of benzene rings is 1. The number of ether oxygens (including phenoxy) is 1. The summed E-state index contributed by atoms with van der Waals surface area (Å²) in [5.74, 6) is -1.11. The third-order valence-electron chi connectivity index (χ3n) is 6.85. The second-order valence-corrected chi connectivity index (χ2v) is 9.13. The van der Waals surface area contributed by atoms with Gasteiger partial charge in [-0.05, 0) is 31.2 Å². The number of nitrogens with zero attached hydrogens (tertiary/aromatic N) is 6. The maximum Gasteiger partial charge on any atom is 0.341 e. The zero-order valence-electron chi connectivity index (χ0n) is 20.0. The van der Waals surface area contributed by atoms with Gasteiger partial charge in [-0.3, -0.25) is 9.78 Å². The molecule has 1 unspecified atom stereocenters. The summed E-state index contributed by atoms with van der Waals surface area (Å²) in [5.41, 5.74) is 1.25. The minimum atomic E-state index is -1.34. The molecule has 0 bridgehead atoms. The van der Waals surface area contributed by atoms with E-state index in [1.54, 1.807) is 23.2 Å². The summed E-state index contributed by atoms with van der Waals surface area (Å²) in [4.78, 5) is 41.7. The second kappa shape index (κ2) is 8.84. The molecule has 6 rings (SSSR count). The van der Waals surface area contributed by atoms with Crippen LogP contribution in [0.15, 0.2) is 53.8 Å². The fourth-order valence-electron chi connectivity index (χ4n) is 4.96. The SMILES string of the molecule is CC1COc2c(N3CCN(c4nccc(-c5cccnc5)n4)CC3)c(F)cc3c(=O)c(C(=O)O)cn1c23. The van der Waals surface area contributed by atoms with Crippen LogP contribution in [0.25, 0.3) is 22.2 Å². The molecule has 5 heterocycles. The van der Waals surface area contributed by atoms with Gasteiger partial charge in [0, 0.05) is 56.5 Å². The Labute approximate surface area is 210 Å². The Bertz CT molecular complexity index is 1580. The summed E-state index contributed by atoms with van der Waals surface area (Å²) in [6.07, 6.45) is 6.50. The van der Waals surface area contributed by atoms with Crippen LogP contribution in [-0.2, 0) is 0 Å². The highest BCUT2D eigenvalue weighted by atomic mass is 19.1. The molecule has 4 aromatic rings. The van der Waals surface area contributed by atoms with Crippen LogP contribution in [0.4, 0.5) is 16.0 Å². The molecule has 37 heavy (non-hydrogen) atoms. The third-order valence-corrected chi connectivity index (χ3v) is 6.85. The summed E-state index contributed by atoms with van der Waals surface area (Å²) in [7, 11) is 0. The molecule has 2 aliphatic rings. The number of rotatable bonds is 4. The third kappa shape index (κ3) is 3.83. The van der Waals surface area contributed by atoms with Gasteiger partial charge < -0.3 is 24.2 Å². The number of pyridine rings is 2. The van der Waals surface area contributed by atoms with Gasteiger partial charge in [-0.15, -0.1) is 0 Å². The molecule has 0 aliphatic carbocycles. The topological polar surface area (TPSA) is 114 Å². The van der Waals surface area contributed by atoms with Gasteiger partial charge in [0.05, 0.1) is 22.6 Å². The number of piperazine rings is 1. The Balaban J connectivity index is 1.33. The maximum atomic E-state index is 15.5.